The van der Waals surface area contributed by atoms with Crippen LogP contribution in [0.3, 0.4) is 0 Å². The van der Waals surface area contributed by atoms with Crippen LogP contribution >= 0.6 is 11.3 Å². The van der Waals surface area contributed by atoms with Crippen LogP contribution in [-0.4, -0.2) is 62.3 Å². The van der Waals surface area contributed by atoms with E-state index in [0.29, 0.717) is 18.7 Å². The van der Waals surface area contributed by atoms with Crippen molar-refractivity contribution in [1.82, 2.24) is 14.6 Å². The highest BCUT2D eigenvalue weighted by atomic mass is 32.2. The molecular weight excluding hydrogens is 434 g/mol. The van der Waals surface area contributed by atoms with Gasteiger partial charge in [-0.2, -0.15) is 0 Å². The lowest BCUT2D eigenvalue weighted by atomic mass is 9.98. The van der Waals surface area contributed by atoms with Crippen LogP contribution < -0.4 is 9.62 Å². The van der Waals surface area contributed by atoms with Crippen LogP contribution in [-0.2, 0) is 14.8 Å². The number of aliphatic imine (C=N–C) groups is 1. The van der Waals surface area contributed by atoms with E-state index in [9.17, 15) is 13.2 Å². The van der Waals surface area contributed by atoms with Crippen molar-refractivity contribution < 1.29 is 13.2 Å². The average Bonchev–Trinajstić information content (AvgIpc) is 3.30. The van der Waals surface area contributed by atoms with E-state index in [1.54, 1.807) is 41.8 Å². The largest absolute Gasteiger partial charge is 0.346 e. The summed E-state index contributed by atoms with van der Waals surface area (Å²) < 4.78 is 27.4. The minimum Gasteiger partial charge on any atom is -0.346 e. The number of nitrogens with zero attached hydrogens (tertiary/aromatic N) is 4. The van der Waals surface area contributed by atoms with Gasteiger partial charge in [-0.3, -0.25) is 14.5 Å². The van der Waals surface area contributed by atoms with E-state index in [1.807, 2.05) is 24.1 Å². The second kappa shape index (κ2) is 8.96. The zero-order valence-corrected chi connectivity index (χ0v) is 19.3. The molecule has 1 aromatic heterocycles. The first-order valence-corrected chi connectivity index (χ1v) is 12.9. The number of fused-ring (bicyclic) bond motifs is 1. The Labute approximate surface area is 187 Å². The number of amidine groups is 1. The molecule has 1 fully saturated rings. The maximum atomic E-state index is 13.5. The molecule has 1 amide bonds. The Bertz CT molecular complexity index is 1070. The molecule has 2 aromatic rings. The topological polar surface area (TPSA) is 95.0 Å². The number of aromatic nitrogens is 1. The van der Waals surface area contributed by atoms with Crippen LogP contribution in [0.5, 0.6) is 0 Å². The number of anilines is 1. The zero-order chi connectivity index (χ0) is 22.0. The third-order valence-corrected chi connectivity index (χ3v) is 8.09. The number of amides is 1. The number of nitrogens with one attached hydrogen (secondary N) is 1. The summed E-state index contributed by atoms with van der Waals surface area (Å²) in [6.45, 7) is 6.83. The van der Waals surface area contributed by atoms with Gasteiger partial charge in [0.15, 0.2) is 5.13 Å². The van der Waals surface area contributed by atoms with Crippen molar-refractivity contribution in [2.45, 2.75) is 37.6 Å². The van der Waals surface area contributed by atoms with Crippen LogP contribution in [0.15, 0.2) is 45.7 Å². The molecule has 0 spiro atoms. The van der Waals surface area contributed by atoms with Gasteiger partial charge in [-0.25, -0.2) is 13.4 Å². The minimum absolute atomic E-state index is 0.0180. The SMILES string of the molecule is CC[C@H](C)[C@H](N=C1NS(=O)(=O)c2ccccc21)C(=O)N1CCCN(c2nccs2)CC1. The molecule has 1 aromatic carbocycles. The molecule has 4 rings (SSSR count). The Hall–Kier alpha value is -2.46. The highest BCUT2D eigenvalue weighted by molar-refractivity contribution is 7.90. The molecule has 2 aliphatic heterocycles. The molecule has 0 bridgehead atoms. The first kappa shape index (κ1) is 21.8. The maximum Gasteiger partial charge on any atom is 0.263 e. The fraction of sp³-hybridized carbons (Fsp3) is 0.476. The van der Waals surface area contributed by atoms with Crippen LogP contribution in [0, 0.1) is 5.92 Å². The fourth-order valence-corrected chi connectivity index (χ4v) is 5.84. The van der Waals surface area contributed by atoms with E-state index in [2.05, 4.69) is 19.6 Å². The Kier molecular flexibility index (Phi) is 6.29. The van der Waals surface area contributed by atoms with E-state index < -0.39 is 16.1 Å². The molecule has 166 valence electrons. The summed E-state index contributed by atoms with van der Waals surface area (Å²) in [7, 11) is -3.64. The van der Waals surface area contributed by atoms with Crippen molar-refractivity contribution in [3.8, 4) is 0 Å². The molecule has 0 radical (unpaired) electrons. The lowest BCUT2D eigenvalue weighted by Gasteiger charge is -2.27. The number of hydrogen-bond donors (Lipinski definition) is 1. The summed E-state index contributed by atoms with van der Waals surface area (Å²) >= 11 is 1.60. The van der Waals surface area contributed by atoms with Gasteiger partial charge in [-0.15, -0.1) is 11.3 Å². The standard InChI is InChI=1S/C21H27N5O3S2/c1-3-15(2)18(23-19-16-7-4-5-8-17(16)31(28,29)24-19)20(27)25-10-6-11-26(13-12-25)21-22-9-14-30-21/h4-5,7-9,14-15,18H,3,6,10-13H2,1-2H3,(H,23,24)/t15-,18-/m0/s1. The van der Waals surface area contributed by atoms with E-state index in [-0.39, 0.29) is 22.6 Å². The fourth-order valence-electron chi connectivity index (χ4n) is 3.91. The van der Waals surface area contributed by atoms with Crippen molar-refractivity contribution in [1.29, 1.82) is 0 Å². The Morgan fingerprint density at radius 2 is 2.06 bits per heavy atom. The highest BCUT2D eigenvalue weighted by Crippen LogP contribution is 2.25. The number of sulfonamides is 1. The van der Waals surface area contributed by atoms with Crippen LogP contribution in [0.25, 0.3) is 0 Å². The van der Waals surface area contributed by atoms with Gasteiger partial charge in [0, 0.05) is 43.3 Å². The number of hydrogen-bond acceptors (Lipinski definition) is 7. The van der Waals surface area contributed by atoms with Gasteiger partial charge < -0.3 is 9.80 Å². The normalized spacial score (nSPS) is 21.3. The monoisotopic (exact) mass is 461 g/mol. The van der Waals surface area contributed by atoms with Gasteiger partial charge in [0.2, 0.25) is 5.91 Å². The van der Waals surface area contributed by atoms with E-state index in [1.165, 1.54) is 0 Å². The Balaban J connectivity index is 1.57. The summed E-state index contributed by atoms with van der Waals surface area (Å²) in [6, 6.07) is 6.10. The number of benzene rings is 1. The van der Waals surface area contributed by atoms with Crippen molar-refractivity contribution in [2.24, 2.45) is 10.9 Å². The quantitative estimate of drug-likeness (QED) is 0.737. The molecule has 2 atom stereocenters. The third-order valence-electron chi connectivity index (χ3n) is 5.86. The van der Waals surface area contributed by atoms with Crippen LogP contribution in [0.2, 0.25) is 0 Å². The molecule has 10 heteroatoms. The molecule has 0 unspecified atom stereocenters. The highest BCUT2D eigenvalue weighted by Gasteiger charge is 2.35. The van der Waals surface area contributed by atoms with Gasteiger partial charge >= 0.3 is 0 Å². The maximum absolute atomic E-state index is 13.5. The number of thiazole rings is 1. The van der Waals surface area contributed by atoms with Crippen LogP contribution in [0.4, 0.5) is 5.13 Å². The summed E-state index contributed by atoms with van der Waals surface area (Å²) in [5.74, 6) is 0.190. The number of rotatable bonds is 5. The van der Waals surface area contributed by atoms with Gasteiger partial charge in [-0.1, -0.05) is 32.4 Å². The minimum atomic E-state index is -3.64. The average molecular weight is 462 g/mol. The summed E-state index contributed by atoms with van der Waals surface area (Å²) in [6.07, 6.45) is 3.41. The smallest absolute Gasteiger partial charge is 0.263 e. The van der Waals surface area contributed by atoms with E-state index in [4.69, 9.17) is 0 Å². The van der Waals surface area contributed by atoms with Crippen molar-refractivity contribution in [3.63, 3.8) is 0 Å². The molecule has 3 heterocycles. The summed E-state index contributed by atoms with van der Waals surface area (Å²) in [5.41, 5.74) is 0.523. The second-order valence-corrected chi connectivity index (χ2v) is 10.4. The molecule has 0 saturated carbocycles. The molecule has 2 aliphatic rings. The van der Waals surface area contributed by atoms with Gasteiger partial charge in [-0.05, 0) is 24.5 Å². The van der Waals surface area contributed by atoms with Crippen molar-refractivity contribution in [3.05, 3.63) is 41.4 Å². The first-order valence-electron chi connectivity index (χ1n) is 10.5. The lowest BCUT2D eigenvalue weighted by molar-refractivity contribution is -0.133. The van der Waals surface area contributed by atoms with Gasteiger partial charge in [0.05, 0.1) is 4.90 Å². The predicted molar refractivity (Wildman–Crippen MR) is 122 cm³/mol. The molecule has 0 aliphatic carbocycles. The number of carbonyl (C=O) groups excluding carboxylic acids is 1. The molecule has 31 heavy (non-hydrogen) atoms. The van der Waals surface area contributed by atoms with E-state index in [0.717, 1.165) is 31.1 Å². The lowest BCUT2D eigenvalue weighted by Crippen LogP contribution is -2.44. The van der Waals surface area contributed by atoms with Crippen molar-refractivity contribution in [2.75, 3.05) is 31.1 Å². The van der Waals surface area contributed by atoms with Gasteiger partial charge in [0.25, 0.3) is 10.0 Å². The predicted octanol–water partition coefficient (Wildman–Crippen LogP) is 2.34. The number of carbonyl (C=O) groups is 1. The first-order chi connectivity index (χ1) is 14.9. The molecule has 1 N–H and O–H groups in total. The summed E-state index contributed by atoms with van der Waals surface area (Å²) in [4.78, 5) is 26.9. The zero-order valence-electron chi connectivity index (χ0n) is 17.7. The molecular formula is C21H27N5O3S2. The Morgan fingerprint density at radius 1 is 1.26 bits per heavy atom. The molecule has 8 nitrogen and oxygen atoms in total. The van der Waals surface area contributed by atoms with Gasteiger partial charge in [0.1, 0.15) is 11.9 Å². The summed E-state index contributed by atoms with van der Waals surface area (Å²) in [5, 5.41) is 2.93. The van der Waals surface area contributed by atoms with E-state index >= 15 is 0 Å². The molecule has 1 saturated heterocycles. The third kappa shape index (κ3) is 4.45. The Morgan fingerprint density at radius 3 is 2.81 bits per heavy atom. The second-order valence-electron chi connectivity index (χ2n) is 7.89. The van der Waals surface area contributed by atoms with Crippen LogP contribution in [0.1, 0.15) is 32.3 Å². The van der Waals surface area contributed by atoms with Crippen molar-refractivity contribution >= 4 is 38.2 Å².